The lowest BCUT2D eigenvalue weighted by molar-refractivity contribution is -0.118. The van der Waals surface area contributed by atoms with E-state index in [0.717, 1.165) is 6.42 Å². The number of ether oxygens (including phenoxy) is 1. The first-order valence-corrected chi connectivity index (χ1v) is 3.56. The third kappa shape index (κ3) is 5.56. The van der Waals surface area contributed by atoms with Gasteiger partial charge in [0.15, 0.2) is 0 Å². The molecule has 0 radical (unpaired) electrons. The van der Waals surface area contributed by atoms with Crippen molar-refractivity contribution in [3.8, 4) is 0 Å². The molecule has 0 aliphatic carbocycles. The van der Waals surface area contributed by atoms with Gasteiger partial charge < -0.3 is 10.5 Å². The van der Waals surface area contributed by atoms with Crippen molar-refractivity contribution >= 4 is 5.91 Å². The van der Waals surface area contributed by atoms with E-state index in [1.54, 1.807) is 0 Å². The first-order chi connectivity index (χ1) is 4.66. The van der Waals surface area contributed by atoms with Gasteiger partial charge in [0.25, 0.3) is 0 Å². The molecule has 10 heavy (non-hydrogen) atoms. The highest BCUT2D eigenvalue weighted by Crippen LogP contribution is 1.99. The van der Waals surface area contributed by atoms with Gasteiger partial charge in [0.05, 0.1) is 6.10 Å². The van der Waals surface area contributed by atoms with Crippen LogP contribution < -0.4 is 5.73 Å². The summed E-state index contributed by atoms with van der Waals surface area (Å²) >= 11 is 0. The molecule has 0 aliphatic rings. The van der Waals surface area contributed by atoms with Gasteiger partial charge in [-0.3, -0.25) is 4.79 Å². The molecule has 2 N–H and O–H groups in total. The second-order valence-corrected chi connectivity index (χ2v) is 2.27. The van der Waals surface area contributed by atoms with E-state index in [-0.39, 0.29) is 12.0 Å². The minimum atomic E-state index is -0.258. The first kappa shape index (κ1) is 9.43. The monoisotopic (exact) mass is 145 g/mol. The maximum absolute atomic E-state index is 10.3. The minimum Gasteiger partial charge on any atom is -0.379 e. The molecule has 3 nitrogen and oxygen atoms in total. The maximum Gasteiger partial charge on any atom is 0.217 e. The Morgan fingerprint density at radius 1 is 1.70 bits per heavy atom. The van der Waals surface area contributed by atoms with Gasteiger partial charge in [0.2, 0.25) is 5.91 Å². The molecule has 1 amide bonds. The molecule has 60 valence electrons. The highest BCUT2D eigenvalue weighted by atomic mass is 16.5. The Morgan fingerprint density at radius 3 is 2.70 bits per heavy atom. The third-order valence-electron chi connectivity index (χ3n) is 1.25. The van der Waals surface area contributed by atoms with Crippen LogP contribution >= 0.6 is 0 Å². The maximum atomic E-state index is 10.3. The third-order valence-corrected chi connectivity index (χ3v) is 1.25. The van der Waals surface area contributed by atoms with E-state index in [4.69, 9.17) is 10.5 Å². The summed E-state index contributed by atoms with van der Waals surface area (Å²) in [4.78, 5) is 10.3. The van der Waals surface area contributed by atoms with Crippen LogP contribution in [-0.4, -0.2) is 18.6 Å². The van der Waals surface area contributed by atoms with Gasteiger partial charge in [-0.2, -0.15) is 0 Å². The average Bonchev–Trinajstić information content (AvgIpc) is 1.85. The molecule has 0 aliphatic heterocycles. The largest absolute Gasteiger partial charge is 0.379 e. The summed E-state index contributed by atoms with van der Waals surface area (Å²) in [5, 5.41) is 0. The fraction of sp³-hybridized carbons (Fsp3) is 0.857. The molecule has 0 aromatic rings. The molecule has 0 rings (SSSR count). The standard InChI is InChI=1S/C7H15NO2/c1-3-10-6(2)4-5-7(8)9/h6H,3-5H2,1-2H3,(H2,8,9). The fourth-order valence-electron chi connectivity index (χ4n) is 0.713. The predicted octanol–water partition coefficient (Wildman–Crippen LogP) is 0.677. The van der Waals surface area contributed by atoms with Crippen molar-refractivity contribution in [2.24, 2.45) is 5.73 Å². The molecule has 0 fully saturated rings. The van der Waals surface area contributed by atoms with Gasteiger partial charge >= 0.3 is 0 Å². The Kier molecular flexibility index (Phi) is 4.94. The Balaban J connectivity index is 3.21. The molecule has 0 bridgehead atoms. The average molecular weight is 145 g/mol. The molecular weight excluding hydrogens is 130 g/mol. The molecule has 0 spiro atoms. The van der Waals surface area contributed by atoms with E-state index in [1.165, 1.54) is 0 Å². The van der Waals surface area contributed by atoms with Crippen LogP contribution in [-0.2, 0) is 9.53 Å². The normalized spacial score (nSPS) is 13.0. The molecule has 3 heteroatoms. The van der Waals surface area contributed by atoms with E-state index in [2.05, 4.69) is 0 Å². The van der Waals surface area contributed by atoms with Crippen LogP contribution in [0.3, 0.4) is 0 Å². The van der Waals surface area contributed by atoms with Gasteiger partial charge in [-0.1, -0.05) is 0 Å². The Hall–Kier alpha value is -0.570. The summed E-state index contributed by atoms with van der Waals surface area (Å²) < 4.78 is 5.18. The molecule has 1 atom stereocenters. The van der Waals surface area contributed by atoms with Crippen LogP contribution in [0.2, 0.25) is 0 Å². The van der Waals surface area contributed by atoms with Gasteiger partial charge in [0.1, 0.15) is 0 Å². The van der Waals surface area contributed by atoms with Crippen molar-refractivity contribution < 1.29 is 9.53 Å². The summed E-state index contributed by atoms with van der Waals surface area (Å²) in [7, 11) is 0. The predicted molar refractivity (Wildman–Crippen MR) is 39.5 cm³/mol. The molecule has 0 saturated heterocycles. The molecule has 0 aromatic heterocycles. The lowest BCUT2D eigenvalue weighted by Crippen LogP contribution is -2.15. The Bertz CT molecular complexity index is 104. The van der Waals surface area contributed by atoms with Crippen LogP contribution in [0, 0.1) is 0 Å². The number of carbonyl (C=O) groups is 1. The number of amides is 1. The van der Waals surface area contributed by atoms with Crippen LogP contribution in [0.25, 0.3) is 0 Å². The second-order valence-electron chi connectivity index (χ2n) is 2.27. The second kappa shape index (κ2) is 5.23. The number of hydrogen-bond acceptors (Lipinski definition) is 2. The Labute approximate surface area is 61.5 Å². The lowest BCUT2D eigenvalue weighted by Gasteiger charge is -2.08. The van der Waals surface area contributed by atoms with Crippen LogP contribution in [0.15, 0.2) is 0 Å². The summed E-state index contributed by atoms with van der Waals surface area (Å²) in [5.74, 6) is -0.258. The van der Waals surface area contributed by atoms with Crippen molar-refractivity contribution in [3.63, 3.8) is 0 Å². The van der Waals surface area contributed by atoms with Crippen LogP contribution in [0.5, 0.6) is 0 Å². The minimum absolute atomic E-state index is 0.150. The smallest absolute Gasteiger partial charge is 0.217 e. The highest BCUT2D eigenvalue weighted by molar-refractivity contribution is 5.73. The van der Waals surface area contributed by atoms with E-state index >= 15 is 0 Å². The number of nitrogens with two attached hydrogens (primary N) is 1. The molecule has 1 unspecified atom stereocenters. The van der Waals surface area contributed by atoms with Crippen molar-refractivity contribution in [2.45, 2.75) is 32.8 Å². The summed E-state index contributed by atoms with van der Waals surface area (Å²) in [6, 6.07) is 0. The summed E-state index contributed by atoms with van der Waals surface area (Å²) in [6.07, 6.45) is 1.29. The van der Waals surface area contributed by atoms with Crippen molar-refractivity contribution in [2.75, 3.05) is 6.61 Å². The van der Waals surface area contributed by atoms with E-state index in [9.17, 15) is 4.79 Å². The SMILES string of the molecule is CCOC(C)CCC(N)=O. The number of rotatable bonds is 5. The zero-order valence-corrected chi connectivity index (χ0v) is 6.59. The van der Waals surface area contributed by atoms with Gasteiger partial charge in [0, 0.05) is 13.0 Å². The number of hydrogen-bond donors (Lipinski definition) is 1. The fourth-order valence-corrected chi connectivity index (χ4v) is 0.713. The Morgan fingerprint density at radius 2 is 2.30 bits per heavy atom. The van der Waals surface area contributed by atoms with Crippen LogP contribution in [0.1, 0.15) is 26.7 Å². The quantitative estimate of drug-likeness (QED) is 0.618. The first-order valence-electron chi connectivity index (χ1n) is 3.56. The molecular formula is C7H15NO2. The van der Waals surface area contributed by atoms with Gasteiger partial charge in [-0.15, -0.1) is 0 Å². The van der Waals surface area contributed by atoms with Crippen LogP contribution in [0.4, 0.5) is 0 Å². The van der Waals surface area contributed by atoms with Crippen molar-refractivity contribution in [1.82, 2.24) is 0 Å². The van der Waals surface area contributed by atoms with Crippen molar-refractivity contribution in [1.29, 1.82) is 0 Å². The molecule has 0 aromatic carbocycles. The summed E-state index contributed by atoms with van der Waals surface area (Å²) in [5.41, 5.74) is 4.94. The van der Waals surface area contributed by atoms with E-state index in [1.807, 2.05) is 13.8 Å². The zero-order valence-electron chi connectivity index (χ0n) is 6.59. The van der Waals surface area contributed by atoms with Crippen molar-refractivity contribution in [3.05, 3.63) is 0 Å². The topological polar surface area (TPSA) is 52.3 Å². The van der Waals surface area contributed by atoms with E-state index < -0.39 is 0 Å². The lowest BCUT2D eigenvalue weighted by atomic mass is 10.2. The van der Waals surface area contributed by atoms with Gasteiger partial charge in [-0.05, 0) is 20.3 Å². The van der Waals surface area contributed by atoms with E-state index in [0.29, 0.717) is 13.0 Å². The summed E-state index contributed by atoms with van der Waals surface area (Å²) in [6.45, 7) is 4.56. The molecule has 0 heterocycles. The number of primary amides is 1. The number of carbonyl (C=O) groups excluding carboxylic acids is 1. The molecule has 0 saturated carbocycles. The highest BCUT2D eigenvalue weighted by Gasteiger charge is 2.02. The zero-order chi connectivity index (χ0) is 7.98. The van der Waals surface area contributed by atoms with Gasteiger partial charge in [-0.25, -0.2) is 0 Å².